The molecule has 1 saturated carbocycles. The van der Waals surface area contributed by atoms with E-state index in [-0.39, 0.29) is 11.9 Å². The summed E-state index contributed by atoms with van der Waals surface area (Å²) in [5.41, 5.74) is 5.16. The van der Waals surface area contributed by atoms with Crippen LogP contribution < -0.4 is 0 Å². The van der Waals surface area contributed by atoms with Crippen LogP contribution in [0.2, 0.25) is 0 Å². The second kappa shape index (κ2) is 7.96. The predicted octanol–water partition coefficient (Wildman–Crippen LogP) is 4.75. The minimum Gasteiger partial charge on any atom is -0.461 e. The molecule has 0 atom stereocenters. The average Bonchev–Trinajstić information content (AvgIpc) is 3.44. The second-order valence-corrected chi connectivity index (χ2v) is 6.53. The fraction of sp³-hybridized carbons (Fsp3) is 0.318. The fourth-order valence-electron chi connectivity index (χ4n) is 2.59. The van der Waals surface area contributed by atoms with Crippen LogP contribution >= 0.6 is 0 Å². The van der Waals surface area contributed by atoms with Gasteiger partial charge < -0.3 is 4.74 Å². The second-order valence-electron chi connectivity index (χ2n) is 6.53. The smallest absolute Gasteiger partial charge is 0.309 e. The quantitative estimate of drug-likeness (QED) is 0.688. The van der Waals surface area contributed by atoms with E-state index in [0.29, 0.717) is 6.61 Å². The van der Waals surface area contributed by atoms with Gasteiger partial charge >= 0.3 is 5.97 Å². The Labute approximate surface area is 144 Å². The van der Waals surface area contributed by atoms with Gasteiger partial charge in [0.05, 0.1) is 5.92 Å². The molecule has 0 bridgehead atoms. The highest BCUT2D eigenvalue weighted by molar-refractivity contribution is 5.75. The van der Waals surface area contributed by atoms with E-state index in [4.69, 9.17) is 4.74 Å². The van der Waals surface area contributed by atoms with Gasteiger partial charge in [-0.15, -0.1) is 0 Å². The third-order valence-electron chi connectivity index (χ3n) is 4.35. The molecule has 2 heteroatoms. The molecule has 1 aliphatic carbocycles. The van der Waals surface area contributed by atoms with Gasteiger partial charge in [-0.1, -0.05) is 60.2 Å². The van der Waals surface area contributed by atoms with E-state index in [1.165, 1.54) is 16.7 Å². The van der Waals surface area contributed by atoms with Crippen molar-refractivity contribution in [3.63, 3.8) is 0 Å². The minimum atomic E-state index is -0.0499. The molecule has 0 aliphatic heterocycles. The van der Waals surface area contributed by atoms with Gasteiger partial charge in [0.25, 0.3) is 0 Å². The summed E-state index contributed by atoms with van der Waals surface area (Å²) in [6, 6.07) is 17.3. The van der Waals surface area contributed by atoms with Gasteiger partial charge in [0.15, 0.2) is 0 Å². The van der Waals surface area contributed by atoms with Gasteiger partial charge in [-0.05, 0) is 55.4 Å². The summed E-state index contributed by atoms with van der Waals surface area (Å²) in [5.74, 6) is 0.123. The zero-order valence-electron chi connectivity index (χ0n) is 14.2. The SMILES string of the molecule is Cc1ccc(CCc2ccc(C=CCOC(=O)C3CC3)cc2)cc1. The number of carbonyl (C=O) groups is 1. The third kappa shape index (κ3) is 5.09. The zero-order chi connectivity index (χ0) is 16.8. The van der Waals surface area contributed by atoms with Crippen LogP contribution in [0.1, 0.15) is 35.1 Å². The first kappa shape index (κ1) is 16.5. The summed E-state index contributed by atoms with van der Waals surface area (Å²) >= 11 is 0. The van der Waals surface area contributed by atoms with Crippen molar-refractivity contribution in [2.24, 2.45) is 5.92 Å². The van der Waals surface area contributed by atoms with E-state index in [1.807, 2.05) is 12.2 Å². The minimum absolute atomic E-state index is 0.0499. The Balaban J connectivity index is 1.44. The van der Waals surface area contributed by atoms with Crippen molar-refractivity contribution in [3.05, 3.63) is 76.9 Å². The molecule has 0 aromatic heterocycles. The topological polar surface area (TPSA) is 26.3 Å². The molecule has 0 amide bonds. The molecule has 1 fully saturated rings. The number of hydrogen-bond donors (Lipinski definition) is 0. The highest BCUT2D eigenvalue weighted by Gasteiger charge is 2.30. The molecule has 2 aromatic rings. The molecule has 1 aliphatic rings. The Kier molecular flexibility index (Phi) is 5.47. The number of esters is 1. The van der Waals surface area contributed by atoms with Crippen molar-refractivity contribution in [3.8, 4) is 0 Å². The molecule has 0 unspecified atom stereocenters. The van der Waals surface area contributed by atoms with E-state index in [1.54, 1.807) is 0 Å². The Morgan fingerprint density at radius 3 is 2.17 bits per heavy atom. The van der Waals surface area contributed by atoms with Gasteiger partial charge in [0.1, 0.15) is 6.61 Å². The maximum absolute atomic E-state index is 11.4. The number of ether oxygens (including phenoxy) is 1. The normalized spacial score (nSPS) is 14.0. The van der Waals surface area contributed by atoms with Crippen LogP contribution in [0.5, 0.6) is 0 Å². The van der Waals surface area contributed by atoms with Crippen molar-refractivity contribution >= 4 is 12.0 Å². The van der Waals surface area contributed by atoms with E-state index >= 15 is 0 Å². The summed E-state index contributed by atoms with van der Waals surface area (Å²) in [6.07, 6.45) is 8.00. The molecular weight excluding hydrogens is 296 g/mol. The number of hydrogen-bond acceptors (Lipinski definition) is 2. The number of carbonyl (C=O) groups excluding carboxylic acids is 1. The van der Waals surface area contributed by atoms with Crippen molar-refractivity contribution in [1.29, 1.82) is 0 Å². The summed E-state index contributed by atoms with van der Waals surface area (Å²) in [5, 5.41) is 0. The maximum Gasteiger partial charge on any atom is 0.309 e. The van der Waals surface area contributed by atoms with Crippen molar-refractivity contribution in [2.45, 2.75) is 32.6 Å². The first-order valence-electron chi connectivity index (χ1n) is 8.68. The lowest BCUT2D eigenvalue weighted by molar-refractivity contribution is -0.143. The van der Waals surface area contributed by atoms with E-state index in [2.05, 4.69) is 55.5 Å². The first-order valence-corrected chi connectivity index (χ1v) is 8.68. The van der Waals surface area contributed by atoms with Gasteiger partial charge in [-0.25, -0.2) is 0 Å². The molecule has 0 spiro atoms. The zero-order valence-corrected chi connectivity index (χ0v) is 14.2. The van der Waals surface area contributed by atoms with Crippen LogP contribution in [0, 0.1) is 12.8 Å². The Hall–Kier alpha value is -2.35. The van der Waals surface area contributed by atoms with Crippen LogP contribution in [0.4, 0.5) is 0 Å². The molecule has 0 saturated heterocycles. The van der Waals surface area contributed by atoms with Gasteiger partial charge in [0.2, 0.25) is 0 Å². The van der Waals surface area contributed by atoms with Crippen LogP contribution in [-0.4, -0.2) is 12.6 Å². The molecule has 2 nitrogen and oxygen atoms in total. The third-order valence-corrected chi connectivity index (χ3v) is 4.35. The van der Waals surface area contributed by atoms with Crippen LogP contribution in [-0.2, 0) is 22.4 Å². The van der Waals surface area contributed by atoms with E-state index in [9.17, 15) is 4.79 Å². The first-order chi connectivity index (χ1) is 11.7. The molecule has 2 aromatic carbocycles. The lowest BCUT2D eigenvalue weighted by Crippen LogP contribution is -2.05. The molecule has 0 N–H and O–H groups in total. The molecule has 3 rings (SSSR count). The summed E-state index contributed by atoms with van der Waals surface area (Å²) in [7, 11) is 0. The van der Waals surface area contributed by atoms with Crippen molar-refractivity contribution in [2.75, 3.05) is 6.61 Å². The van der Waals surface area contributed by atoms with Crippen LogP contribution in [0.15, 0.2) is 54.6 Å². The summed E-state index contributed by atoms with van der Waals surface area (Å²) in [4.78, 5) is 11.4. The van der Waals surface area contributed by atoms with E-state index < -0.39 is 0 Å². The largest absolute Gasteiger partial charge is 0.461 e. The molecule has 0 heterocycles. The van der Waals surface area contributed by atoms with Crippen molar-refractivity contribution < 1.29 is 9.53 Å². The fourth-order valence-corrected chi connectivity index (χ4v) is 2.59. The number of benzene rings is 2. The molecule has 0 radical (unpaired) electrons. The van der Waals surface area contributed by atoms with Gasteiger partial charge in [-0.3, -0.25) is 4.79 Å². The predicted molar refractivity (Wildman–Crippen MR) is 97.7 cm³/mol. The monoisotopic (exact) mass is 320 g/mol. The highest BCUT2D eigenvalue weighted by atomic mass is 16.5. The standard InChI is InChI=1S/C22H24O2/c1-17-4-6-19(7-5-17)12-13-20-10-8-18(9-11-20)3-2-16-24-22(23)21-14-15-21/h2-11,21H,12-16H2,1H3. The van der Waals surface area contributed by atoms with Crippen molar-refractivity contribution in [1.82, 2.24) is 0 Å². The van der Waals surface area contributed by atoms with E-state index in [0.717, 1.165) is 31.2 Å². The van der Waals surface area contributed by atoms with Crippen LogP contribution in [0.3, 0.4) is 0 Å². The average molecular weight is 320 g/mol. The van der Waals surface area contributed by atoms with Gasteiger partial charge in [0, 0.05) is 0 Å². The molecule has 124 valence electrons. The molecule has 24 heavy (non-hydrogen) atoms. The lowest BCUT2D eigenvalue weighted by atomic mass is 10.0. The summed E-state index contributed by atoms with van der Waals surface area (Å²) < 4.78 is 5.18. The summed E-state index contributed by atoms with van der Waals surface area (Å²) in [6.45, 7) is 2.48. The lowest BCUT2D eigenvalue weighted by Gasteiger charge is -2.04. The highest BCUT2D eigenvalue weighted by Crippen LogP contribution is 2.29. The Morgan fingerprint density at radius 2 is 1.58 bits per heavy atom. The number of aryl methyl sites for hydroxylation is 3. The van der Waals surface area contributed by atoms with Gasteiger partial charge in [-0.2, -0.15) is 0 Å². The number of rotatable bonds is 7. The van der Waals surface area contributed by atoms with Crippen LogP contribution in [0.25, 0.3) is 6.08 Å². The Morgan fingerprint density at radius 1 is 1.00 bits per heavy atom. The maximum atomic E-state index is 11.4. The molecular formula is C22H24O2. The Bertz CT molecular complexity index is 692.